The number of carbonyl (C=O) groups is 4. The summed E-state index contributed by atoms with van der Waals surface area (Å²) in [6, 6.07) is 16.8. The van der Waals surface area contributed by atoms with Crippen molar-refractivity contribution in [1.82, 2.24) is 19.6 Å². The molecule has 0 saturated carbocycles. The van der Waals surface area contributed by atoms with Gasteiger partial charge in [-0.25, -0.2) is 9.59 Å². The molecule has 178 valence electrons. The lowest BCUT2D eigenvalue weighted by Crippen LogP contribution is -2.39. The highest BCUT2D eigenvalue weighted by molar-refractivity contribution is 6.01. The highest BCUT2D eigenvalue weighted by Gasteiger charge is 2.47. The number of likely N-dealkylation sites (N-methyl/N-ethyl adjacent to an activating group) is 2. The van der Waals surface area contributed by atoms with E-state index in [-0.39, 0.29) is 37.0 Å². The number of urea groups is 2. The molecule has 2 heterocycles. The van der Waals surface area contributed by atoms with E-state index < -0.39 is 23.9 Å². The minimum absolute atomic E-state index is 0.155. The van der Waals surface area contributed by atoms with Crippen LogP contribution in [0.4, 0.5) is 9.59 Å². The number of hydrogen-bond donors (Lipinski definition) is 0. The molecular formula is C26H30N4O4. The third-order valence-corrected chi connectivity index (χ3v) is 7.08. The van der Waals surface area contributed by atoms with E-state index in [0.29, 0.717) is 0 Å². The van der Waals surface area contributed by atoms with Crippen LogP contribution in [-0.2, 0) is 9.59 Å². The van der Waals surface area contributed by atoms with Crippen molar-refractivity contribution in [2.24, 2.45) is 0 Å². The second kappa shape index (κ2) is 9.29. The maximum atomic E-state index is 13.2. The number of hydrogen-bond acceptors (Lipinski definition) is 4. The van der Waals surface area contributed by atoms with E-state index in [4.69, 9.17) is 0 Å². The Hall–Kier alpha value is -3.68. The first-order valence-corrected chi connectivity index (χ1v) is 11.5. The Balaban J connectivity index is 1.52. The summed E-state index contributed by atoms with van der Waals surface area (Å²) in [5.41, 5.74) is 1.73. The van der Waals surface area contributed by atoms with Gasteiger partial charge in [0.05, 0.1) is 24.2 Å². The molecule has 0 unspecified atom stereocenters. The largest absolute Gasteiger partial charge is 0.327 e. The fourth-order valence-electron chi connectivity index (χ4n) is 4.92. The van der Waals surface area contributed by atoms with Gasteiger partial charge in [-0.15, -0.1) is 0 Å². The van der Waals surface area contributed by atoms with Crippen LogP contribution in [0.2, 0.25) is 0 Å². The van der Waals surface area contributed by atoms with Gasteiger partial charge >= 0.3 is 12.1 Å². The number of carbonyl (C=O) groups excluding carboxylic acids is 4. The third kappa shape index (κ3) is 3.93. The molecule has 0 N–H and O–H groups in total. The van der Waals surface area contributed by atoms with E-state index in [0.717, 1.165) is 11.1 Å². The molecule has 2 aromatic carbocycles. The van der Waals surface area contributed by atoms with Gasteiger partial charge in [0.25, 0.3) is 0 Å². The van der Waals surface area contributed by atoms with Gasteiger partial charge < -0.3 is 9.80 Å². The van der Waals surface area contributed by atoms with Gasteiger partial charge in [-0.3, -0.25) is 19.4 Å². The van der Waals surface area contributed by atoms with E-state index in [1.54, 1.807) is 23.9 Å². The first-order valence-electron chi connectivity index (χ1n) is 11.5. The van der Waals surface area contributed by atoms with E-state index >= 15 is 0 Å². The van der Waals surface area contributed by atoms with Gasteiger partial charge in [-0.1, -0.05) is 60.7 Å². The molecule has 0 aromatic heterocycles. The van der Waals surface area contributed by atoms with Crippen LogP contribution in [0.25, 0.3) is 0 Å². The lowest BCUT2D eigenvalue weighted by Gasteiger charge is -2.26. The minimum atomic E-state index is -0.432. The zero-order chi connectivity index (χ0) is 24.6. The van der Waals surface area contributed by atoms with Gasteiger partial charge in [0.15, 0.2) is 0 Å². The van der Waals surface area contributed by atoms with Crippen LogP contribution in [0.15, 0.2) is 60.7 Å². The van der Waals surface area contributed by atoms with Crippen molar-refractivity contribution >= 4 is 23.9 Å². The fourth-order valence-corrected chi connectivity index (χ4v) is 4.92. The highest BCUT2D eigenvalue weighted by atomic mass is 16.2. The monoisotopic (exact) mass is 462 g/mol. The van der Waals surface area contributed by atoms with Crippen LogP contribution in [0.1, 0.15) is 49.9 Å². The predicted molar refractivity (Wildman–Crippen MR) is 127 cm³/mol. The van der Waals surface area contributed by atoms with E-state index in [2.05, 4.69) is 0 Å². The lowest BCUT2D eigenvalue weighted by atomic mass is 9.99. The summed E-state index contributed by atoms with van der Waals surface area (Å²) in [5.74, 6) is -0.847. The zero-order valence-corrected chi connectivity index (χ0v) is 19.9. The fraction of sp³-hybridized carbons (Fsp3) is 0.385. The summed E-state index contributed by atoms with van der Waals surface area (Å²) in [7, 11) is 3.35. The van der Waals surface area contributed by atoms with Gasteiger partial charge in [-0.05, 0) is 25.0 Å². The summed E-state index contributed by atoms with van der Waals surface area (Å²) in [4.78, 5) is 57.8. The highest BCUT2D eigenvalue weighted by Crippen LogP contribution is 2.37. The number of amides is 6. The van der Waals surface area contributed by atoms with Crippen LogP contribution in [-0.4, -0.2) is 69.7 Å². The van der Waals surface area contributed by atoms with Gasteiger partial charge in [0, 0.05) is 26.9 Å². The molecule has 8 nitrogen and oxygen atoms in total. The maximum Gasteiger partial charge on any atom is 0.327 e. The first kappa shape index (κ1) is 23.5. The Bertz CT molecular complexity index is 1000. The number of imide groups is 2. The number of rotatable bonds is 5. The first-order chi connectivity index (χ1) is 16.2. The van der Waals surface area contributed by atoms with Crippen LogP contribution in [0.3, 0.4) is 0 Å². The summed E-state index contributed by atoms with van der Waals surface area (Å²) >= 11 is 0. The molecule has 0 radical (unpaired) electrons. The van der Waals surface area contributed by atoms with Crippen LogP contribution < -0.4 is 0 Å². The Kier molecular flexibility index (Phi) is 6.41. The standard InChI is InChI=1S/C26H30N4O4/c1-17-23(19-11-7-5-8-12-19)29(25(33)27(17)3)21(31)15-16-22(32)30-24(18(2)28(4)26(30)34)20-13-9-6-10-14-20/h5-14,17-18,23-24H,15-16H2,1-4H3/t17-,18-,23-,24-/m1/s1. The van der Waals surface area contributed by atoms with Crippen LogP contribution >= 0.6 is 0 Å². The van der Waals surface area contributed by atoms with Crippen molar-refractivity contribution in [3.8, 4) is 0 Å². The van der Waals surface area contributed by atoms with Gasteiger partial charge in [0.2, 0.25) is 11.8 Å². The van der Waals surface area contributed by atoms with Crippen molar-refractivity contribution in [3.05, 3.63) is 71.8 Å². The molecule has 2 aliphatic rings. The molecule has 0 aliphatic carbocycles. The normalized spacial score (nSPS) is 24.8. The summed E-state index contributed by atoms with van der Waals surface area (Å²) in [6.45, 7) is 3.80. The minimum Gasteiger partial charge on any atom is -0.322 e. The third-order valence-electron chi connectivity index (χ3n) is 7.08. The van der Waals surface area contributed by atoms with Crippen molar-refractivity contribution in [2.45, 2.75) is 50.9 Å². The van der Waals surface area contributed by atoms with E-state index in [9.17, 15) is 19.2 Å². The van der Waals surface area contributed by atoms with Crippen LogP contribution in [0.5, 0.6) is 0 Å². The second-order valence-electron chi connectivity index (χ2n) is 9.01. The second-order valence-corrected chi connectivity index (χ2v) is 9.01. The zero-order valence-electron chi connectivity index (χ0n) is 19.9. The Morgan fingerprint density at radius 3 is 1.29 bits per heavy atom. The Morgan fingerprint density at radius 1 is 0.647 bits per heavy atom. The quantitative estimate of drug-likeness (QED) is 0.677. The number of nitrogens with zero attached hydrogens (tertiary/aromatic N) is 4. The number of benzene rings is 2. The average molecular weight is 463 g/mol. The molecule has 2 aliphatic heterocycles. The van der Waals surface area contributed by atoms with Crippen molar-refractivity contribution < 1.29 is 19.2 Å². The molecule has 2 aromatic rings. The molecule has 0 bridgehead atoms. The molecular weight excluding hydrogens is 432 g/mol. The summed E-state index contributed by atoms with van der Waals surface area (Å²) in [6.07, 6.45) is -0.310. The van der Waals surface area contributed by atoms with E-state index in [1.807, 2.05) is 74.5 Å². The van der Waals surface area contributed by atoms with Crippen molar-refractivity contribution in [3.63, 3.8) is 0 Å². The molecule has 0 spiro atoms. The molecule has 4 rings (SSSR count). The molecule has 8 heteroatoms. The molecule has 2 fully saturated rings. The average Bonchev–Trinajstić information content (AvgIpc) is 3.22. The van der Waals surface area contributed by atoms with Crippen molar-refractivity contribution in [2.75, 3.05) is 14.1 Å². The summed E-state index contributed by atoms with van der Waals surface area (Å²) < 4.78 is 0. The molecule has 2 saturated heterocycles. The SMILES string of the molecule is C[C@@H]1[C@H](c2ccccc2)N(C(=O)CCC(=O)N2C(=O)N(C)[C@H](C)[C@@H]2c2ccccc2)C(=O)N1C. The molecule has 6 amide bonds. The van der Waals surface area contributed by atoms with Gasteiger partial charge in [0.1, 0.15) is 0 Å². The Morgan fingerprint density at radius 2 is 0.971 bits per heavy atom. The predicted octanol–water partition coefficient (Wildman–Crippen LogP) is 3.81. The maximum absolute atomic E-state index is 13.2. The lowest BCUT2D eigenvalue weighted by molar-refractivity contribution is -0.135. The molecule has 4 atom stereocenters. The van der Waals surface area contributed by atoms with Crippen LogP contribution in [0, 0.1) is 0 Å². The summed E-state index contributed by atoms with van der Waals surface area (Å²) in [5, 5.41) is 0. The Labute approximate surface area is 199 Å². The topological polar surface area (TPSA) is 81.2 Å². The van der Waals surface area contributed by atoms with Crippen molar-refractivity contribution in [1.29, 1.82) is 0 Å². The van der Waals surface area contributed by atoms with Gasteiger partial charge in [-0.2, -0.15) is 0 Å². The smallest absolute Gasteiger partial charge is 0.322 e. The van der Waals surface area contributed by atoms with E-state index in [1.165, 1.54) is 9.80 Å². The molecule has 34 heavy (non-hydrogen) atoms.